The van der Waals surface area contributed by atoms with E-state index >= 15 is 0 Å². The summed E-state index contributed by atoms with van der Waals surface area (Å²) in [6.45, 7) is 3.86. The van der Waals surface area contributed by atoms with Gasteiger partial charge in [-0.1, -0.05) is 29.8 Å². The summed E-state index contributed by atoms with van der Waals surface area (Å²) >= 11 is 6.25. The molecule has 1 amide bonds. The fourth-order valence-corrected chi connectivity index (χ4v) is 4.06. The number of nitrogens with zero attached hydrogens (tertiary/aromatic N) is 1. The number of carbonyl (C=O) groups is 1. The summed E-state index contributed by atoms with van der Waals surface area (Å²) in [5.41, 5.74) is 7.09. The van der Waals surface area contributed by atoms with Crippen molar-refractivity contribution in [3.05, 3.63) is 34.9 Å². The first kappa shape index (κ1) is 23.5. The number of hydrogen-bond acceptors (Lipinski definition) is 3. The van der Waals surface area contributed by atoms with E-state index in [9.17, 15) is 4.79 Å². The van der Waals surface area contributed by atoms with Gasteiger partial charge >= 0.3 is 0 Å². The Bertz CT molecular complexity index is 565. The SMILES string of the molecule is Cl.Cl.NC1CCC(C(=O)NCC2CCN(Cc3ccccc3Cl)CC2)C1. The standard InChI is InChI=1S/C19H28ClN3O.2ClH/c20-18-4-2-1-3-16(18)13-23-9-7-14(8-10-23)12-22-19(24)15-5-6-17(21)11-15;;/h1-4,14-15,17H,5-13,21H2,(H,22,24);2*1H. The molecule has 1 saturated heterocycles. The highest BCUT2D eigenvalue weighted by atomic mass is 35.5. The van der Waals surface area contributed by atoms with Crippen molar-refractivity contribution < 1.29 is 4.79 Å². The van der Waals surface area contributed by atoms with Crippen molar-refractivity contribution in [2.75, 3.05) is 19.6 Å². The lowest BCUT2D eigenvalue weighted by Gasteiger charge is -2.32. The van der Waals surface area contributed by atoms with Gasteiger partial charge in [0.2, 0.25) is 5.91 Å². The molecule has 7 heteroatoms. The summed E-state index contributed by atoms with van der Waals surface area (Å²) in [4.78, 5) is 14.6. The molecule has 26 heavy (non-hydrogen) atoms. The molecule has 1 aromatic rings. The highest BCUT2D eigenvalue weighted by Crippen LogP contribution is 2.25. The Morgan fingerprint density at radius 1 is 1.15 bits per heavy atom. The van der Waals surface area contributed by atoms with Gasteiger partial charge in [0.15, 0.2) is 0 Å². The van der Waals surface area contributed by atoms with Gasteiger partial charge in [-0.3, -0.25) is 9.69 Å². The van der Waals surface area contributed by atoms with Gasteiger partial charge in [0.05, 0.1) is 0 Å². The molecule has 0 bridgehead atoms. The Hall–Kier alpha value is -0.520. The van der Waals surface area contributed by atoms with E-state index in [1.807, 2.05) is 18.2 Å². The number of nitrogens with one attached hydrogen (secondary N) is 1. The largest absolute Gasteiger partial charge is 0.356 e. The van der Waals surface area contributed by atoms with Crippen LogP contribution in [0.3, 0.4) is 0 Å². The highest BCUT2D eigenvalue weighted by molar-refractivity contribution is 6.31. The van der Waals surface area contributed by atoms with Gasteiger partial charge in [-0.05, 0) is 62.7 Å². The first-order chi connectivity index (χ1) is 11.6. The number of amides is 1. The minimum Gasteiger partial charge on any atom is -0.356 e. The molecule has 2 unspecified atom stereocenters. The second kappa shape index (κ2) is 11.4. The van der Waals surface area contributed by atoms with E-state index in [4.69, 9.17) is 17.3 Å². The average Bonchev–Trinajstić information content (AvgIpc) is 3.03. The van der Waals surface area contributed by atoms with Crippen LogP contribution in [-0.4, -0.2) is 36.5 Å². The molecule has 3 N–H and O–H groups in total. The van der Waals surface area contributed by atoms with Gasteiger partial charge < -0.3 is 11.1 Å². The number of piperidine rings is 1. The molecular weight excluding hydrogens is 393 g/mol. The first-order valence-corrected chi connectivity index (χ1v) is 9.48. The van der Waals surface area contributed by atoms with Crippen LogP contribution < -0.4 is 11.1 Å². The number of hydrogen-bond donors (Lipinski definition) is 2. The van der Waals surface area contributed by atoms with Gasteiger partial charge in [0, 0.05) is 30.1 Å². The lowest BCUT2D eigenvalue weighted by Crippen LogP contribution is -2.39. The van der Waals surface area contributed by atoms with Crippen molar-refractivity contribution >= 4 is 42.3 Å². The highest BCUT2D eigenvalue weighted by Gasteiger charge is 2.28. The van der Waals surface area contributed by atoms with E-state index in [1.165, 1.54) is 5.56 Å². The summed E-state index contributed by atoms with van der Waals surface area (Å²) in [6, 6.07) is 8.28. The maximum atomic E-state index is 12.2. The summed E-state index contributed by atoms with van der Waals surface area (Å²) in [5.74, 6) is 0.938. The molecule has 2 aliphatic rings. The van der Waals surface area contributed by atoms with Crippen LogP contribution in [-0.2, 0) is 11.3 Å². The zero-order valence-corrected chi connectivity index (χ0v) is 17.4. The smallest absolute Gasteiger partial charge is 0.223 e. The Balaban J connectivity index is 0.00000169. The van der Waals surface area contributed by atoms with Crippen LogP contribution in [0.4, 0.5) is 0 Å². The Morgan fingerprint density at radius 2 is 1.85 bits per heavy atom. The summed E-state index contributed by atoms with van der Waals surface area (Å²) in [7, 11) is 0. The fraction of sp³-hybridized carbons (Fsp3) is 0.632. The number of benzene rings is 1. The topological polar surface area (TPSA) is 58.4 Å². The average molecular weight is 423 g/mol. The van der Waals surface area contributed by atoms with Crippen molar-refractivity contribution in [2.24, 2.45) is 17.6 Å². The van der Waals surface area contributed by atoms with Crippen LogP contribution in [0.2, 0.25) is 5.02 Å². The number of halogens is 3. The number of carbonyl (C=O) groups excluding carboxylic acids is 1. The van der Waals surface area contributed by atoms with E-state index in [0.29, 0.717) is 5.92 Å². The van der Waals surface area contributed by atoms with Crippen molar-refractivity contribution in [2.45, 2.75) is 44.7 Å². The molecule has 2 atom stereocenters. The van der Waals surface area contributed by atoms with E-state index in [-0.39, 0.29) is 42.7 Å². The van der Waals surface area contributed by atoms with E-state index in [0.717, 1.165) is 63.3 Å². The molecule has 4 nitrogen and oxygen atoms in total. The normalized spacial score (nSPS) is 23.8. The van der Waals surface area contributed by atoms with Crippen molar-refractivity contribution in [1.82, 2.24) is 10.2 Å². The van der Waals surface area contributed by atoms with Gasteiger partial charge in [0.1, 0.15) is 0 Å². The third-order valence-corrected chi connectivity index (χ3v) is 5.84. The van der Waals surface area contributed by atoms with Crippen LogP contribution in [0.5, 0.6) is 0 Å². The molecule has 1 aromatic carbocycles. The molecule has 0 radical (unpaired) electrons. The van der Waals surface area contributed by atoms with Gasteiger partial charge in [-0.15, -0.1) is 24.8 Å². The minimum atomic E-state index is 0. The van der Waals surface area contributed by atoms with Gasteiger partial charge in [-0.2, -0.15) is 0 Å². The molecule has 0 spiro atoms. The molecule has 1 saturated carbocycles. The maximum absolute atomic E-state index is 12.2. The summed E-state index contributed by atoms with van der Waals surface area (Å²) in [5, 5.41) is 4.00. The van der Waals surface area contributed by atoms with Crippen molar-refractivity contribution in [1.29, 1.82) is 0 Å². The second-order valence-corrected chi connectivity index (χ2v) is 7.73. The Morgan fingerprint density at radius 3 is 2.46 bits per heavy atom. The third-order valence-electron chi connectivity index (χ3n) is 5.47. The lowest BCUT2D eigenvalue weighted by molar-refractivity contribution is -0.125. The van der Waals surface area contributed by atoms with Crippen LogP contribution in [0.15, 0.2) is 24.3 Å². The quantitative estimate of drug-likeness (QED) is 0.761. The Labute approximate surface area is 174 Å². The molecule has 1 aliphatic heterocycles. The van der Waals surface area contributed by atoms with Crippen LogP contribution in [0, 0.1) is 11.8 Å². The van der Waals surface area contributed by atoms with Gasteiger partial charge in [-0.25, -0.2) is 0 Å². The van der Waals surface area contributed by atoms with E-state index < -0.39 is 0 Å². The Kier molecular flexibility index (Phi) is 10.3. The first-order valence-electron chi connectivity index (χ1n) is 9.11. The van der Waals surface area contributed by atoms with Gasteiger partial charge in [0.25, 0.3) is 0 Å². The van der Waals surface area contributed by atoms with E-state index in [1.54, 1.807) is 0 Å². The van der Waals surface area contributed by atoms with Crippen LogP contribution in [0.25, 0.3) is 0 Å². The number of rotatable bonds is 5. The van der Waals surface area contributed by atoms with Crippen LogP contribution in [0.1, 0.15) is 37.7 Å². The zero-order valence-electron chi connectivity index (χ0n) is 15.0. The fourth-order valence-electron chi connectivity index (χ4n) is 3.86. The second-order valence-electron chi connectivity index (χ2n) is 7.33. The minimum absolute atomic E-state index is 0. The van der Waals surface area contributed by atoms with E-state index in [2.05, 4.69) is 16.3 Å². The lowest BCUT2D eigenvalue weighted by atomic mass is 9.96. The molecule has 1 aliphatic carbocycles. The monoisotopic (exact) mass is 421 g/mol. The maximum Gasteiger partial charge on any atom is 0.223 e. The predicted molar refractivity (Wildman–Crippen MR) is 112 cm³/mol. The zero-order chi connectivity index (χ0) is 16.9. The molecule has 3 rings (SSSR count). The number of nitrogens with two attached hydrogens (primary N) is 1. The number of likely N-dealkylation sites (tertiary alicyclic amines) is 1. The molecule has 1 heterocycles. The predicted octanol–water partition coefficient (Wildman–Crippen LogP) is 3.64. The van der Waals surface area contributed by atoms with Crippen molar-refractivity contribution in [3.8, 4) is 0 Å². The summed E-state index contributed by atoms with van der Waals surface area (Å²) < 4.78 is 0. The third kappa shape index (κ3) is 6.58. The molecular formula is C19H30Cl3N3O. The molecule has 148 valence electrons. The van der Waals surface area contributed by atoms with Crippen molar-refractivity contribution in [3.63, 3.8) is 0 Å². The molecule has 2 fully saturated rings. The summed E-state index contributed by atoms with van der Waals surface area (Å²) in [6.07, 6.45) is 5.05. The molecule has 0 aromatic heterocycles. The van der Waals surface area contributed by atoms with Crippen LogP contribution >= 0.6 is 36.4 Å².